The van der Waals surface area contributed by atoms with Crippen LogP contribution in [0.2, 0.25) is 0 Å². The first-order chi connectivity index (χ1) is 38.0. The Morgan fingerprint density at radius 3 is 2.06 bits per heavy atom. The van der Waals surface area contributed by atoms with Crippen LogP contribution in [0.4, 0.5) is 10.5 Å². The molecule has 18 nitrogen and oxygen atoms in total. The largest absolute Gasteiger partial charge is 0.481 e. The standard InChI is InChI=1S/C61H91N5O13S/c1-13-40(6)56(51(77-10)34-53(70)65-30-20-24-48(65)57(78-11)41(7)49(68)32-44(60(74)75)31-42-21-16-14-17-22-42)63(8)58(72)47(38(2)3)33-50(69)55(39(4)5)64(9)61(76)79-37-43-25-27-45(28-26-43)62-36-46(67)23-18-15-19-29-66-54(71)35-52(80-12)59(66)73/h14,16-17,21-22,25-28,38-41,44,47-48,51-52,55-57,62H,13,15,18-20,23-24,29-37H2,1-12H3,(H,74,75)/t40-,41-,44+,47-,48-,51?,52?,55-,56-,57?/m0/s1. The van der Waals surface area contributed by atoms with E-state index >= 15 is 0 Å². The Hall–Kier alpha value is -5.66. The molecule has 2 heterocycles. The van der Waals surface area contributed by atoms with Crippen LogP contribution in [0.3, 0.4) is 0 Å². The van der Waals surface area contributed by atoms with Gasteiger partial charge in [-0.1, -0.05) is 104 Å². The Morgan fingerprint density at radius 1 is 0.812 bits per heavy atom. The summed E-state index contributed by atoms with van der Waals surface area (Å²) in [5.41, 5.74) is 2.23. The van der Waals surface area contributed by atoms with E-state index in [9.17, 15) is 48.3 Å². The Morgan fingerprint density at radius 2 is 1.49 bits per heavy atom. The first-order valence-electron chi connectivity index (χ1n) is 28.5. The number of thioether (sulfide) groups is 1. The van der Waals surface area contributed by atoms with Gasteiger partial charge in [-0.2, -0.15) is 11.8 Å². The van der Waals surface area contributed by atoms with Gasteiger partial charge in [0.1, 0.15) is 12.4 Å². The van der Waals surface area contributed by atoms with Gasteiger partial charge >= 0.3 is 12.1 Å². The number of methoxy groups -OCH3 is 2. The maximum Gasteiger partial charge on any atom is 0.410 e. The number of aliphatic carboxylic acids is 1. The molecule has 4 rings (SSSR count). The maximum absolute atomic E-state index is 14.8. The zero-order chi connectivity index (χ0) is 59.4. The molecule has 2 N–H and O–H groups in total. The third-order valence-electron chi connectivity index (χ3n) is 16.3. The number of unbranched alkanes of at least 4 members (excludes halogenated alkanes) is 2. The number of hydrogen-bond donors (Lipinski definition) is 2. The van der Waals surface area contributed by atoms with Gasteiger partial charge in [0.25, 0.3) is 0 Å². The average molecular weight is 1130 g/mol. The molecule has 80 heavy (non-hydrogen) atoms. The van der Waals surface area contributed by atoms with Crippen molar-refractivity contribution < 1.29 is 62.5 Å². The fraction of sp³-hybridized carbons (Fsp3) is 0.656. The van der Waals surface area contributed by atoms with Gasteiger partial charge in [-0.05, 0) is 79.4 Å². The fourth-order valence-corrected chi connectivity index (χ4v) is 12.0. The molecule has 2 aliphatic heterocycles. The monoisotopic (exact) mass is 1130 g/mol. The average Bonchev–Trinajstić information content (AvgIpc) is 4.05. The van der Waals surface area contributed by atoms with Gasteiger partial charge in [0.15, 0.2) is 11.6 Å². The van der Waals surface area contributed by atoms with Crippen LogP contribution in [0.1, 0.15) is 130 Å². The van der Waals surface area contributed by atoms with E-state index in [4.69, 9.17) is 14.2 Å². The highest BCUT2D eigenvalue weighted by molar-refractivity contribution is 8.00. The summed E-state index contributed by atoms with van der Waals surface area (Å²) in [7, 11) is 6.23. The summed E-state index contributed by atoms with van der Waals surface area (Å²) in [6, 6.07) is 14.4. The molecule has 2 fully saturated rings. The maximum atomic E-state index is 14.8. The van der Waals surface area contributed by atoms with Crippen LogP contribution in [0.25, 0.3) is 0 Å². The lowest BCUT2D eigenvalue weighted by Gasteiger charge is -2.41. The Labute approximate surface area is 479 Å². The molecule has 5 amide bonds. The number of nitrogens with zero attached hydrogens (tertiary/aromatic N) is 4. The molecule has 0 aliphatic carbocycles. The predicted molar refractivity (Wildman–Crippen MR) is 309 cm³/mol. The van der Waals surface area contributed by atoms with E-state index in [1.165, 1.54) is 42.8 Å². The summed E-state index contributed by atoms with van der Waals surface area (Å²) in [6.07, 6.45) is 4.11. The second-order valence-electron chi connectivity index (χ2n) is 22.6. The number of anilines is 1. The number of carbonyl (C=O) groups is 9. The van der Waals surface area contributed by atoms with E-state index in [0.717, 1.165) is 12.0 Å². The molecular weight excluding hydrogens is 1040 g/mol. The van der Waals surface area contributed by atoms with E-state index in [-0.39, 0.29) is 109 Å². The lowest BCUT2D eigenvalue weighted by Crippen LogP contribution is -2.54. The second kappa shape index (κ2) is 32.7. The molecule has 3 unspecified atom stereocenters. The van der Waals surface area contributed by atoms with Crippen LogP contribution in [0, 0.1) is 35.5 Å². The van der Waals surface area contributed by atoms with Crippen molar-refractivity contribution >= 4 is 70.5 Å². The van der Waals surface area contributed by atoms with Crippen molar-refractivity contribution in [3.8, 4) is 0 Å². The van der Waals surface area contributed by atoms with E-state index in [2.05, 4.69) is 5.32 Å². The molecule has 0 saturated carbocycles. The van der Waals surface area contributed by atoms with Crippen molar-refractivity contribution in [2.75, 3.05) is 59.5 Å². The zero-order valence-corrected chi connectivity index (χ0v) is 50.3. The Balaban J connectivity index is 1.33. The lowest BCUT2D eigenvalue weighted by atomic mass is 9.83. The van der Waals surface area contributed by atoms with Crippen LogP contribution < -0.4 is 5.32 Å². The number of carbonyl (C=O) groups excluding carboxylic acids is 8. The third-order valence-corrected chi connectivity index (χ3v) is 17.3. The van der Waals surface area contributed by atoms with Crippen molar-refractivity contribution in [3.05, 3.63) is 65.7 Å². The summed E-state index contributed by atoms with van der Waals surface area (Å²) in [5, 5.41) is 12.9. The molecule has 2 saturated heterocycles. The molecule has 0 aromatic heterocycles. The summed E-state index contributed by atoms with van der Waals surface area (Å²) in [5.74, 6) is -5.43. The number of ketones is 3. The summed E-state index contributed by atoms with van der Waals surface area (Å²) in [4.78, 5) is 126. The highest BCUT2D eigenvalue weighted by atomic mass is 32.2. The smallest absolute Gasteiger partial charge is 0.410 e. The number of nitrogens with one attached hydrogen (secondary N) is 1. The van der Waals surface area contributed by atoms with Crippen LogP contribution in [-0.2, 0) is 65.6 Å². The first-order valence-corrected chi connectivity index (χ1v) is 29.8. The minimum Gasteiger partial charge on any atom is -0.481 e. The Kier molecular flexibility index (Phi) is 27.3. The molecule has 2 aromatic carbocycles. The molecule has 0 bridgehead atoms. The lowest BCUT2D eigenvalue weighted by molar-refractivity contribution is -0.149. The number of ether oxygens (including phenoxy) is 3. The molecule has 444 valence electrons. The summed E-state index contributed by atoms with van der Waals surface area (Å²) in [6.45, 7) is 14.0. The number of hydrogen-bond acceptors (Lipinski definition) is 14. The first kappa shape index (κ1) is 66.8. The topological polar surface area (TPSA) is 227 Å². The van der Waals surface area contributed by atoms with Crippen molar-refractivity contribution in [2.24, 2.45) is 35.5 Å². The Bertz CT molecular complexity index is 2390. The van der Waals surface area contributed by atoms with Gasteiger partial charge in [0.2, 0.25) is 23.6 Å². The fourth-order valence-electron chi connectivity index (χ4n) is 11.4. The number of Topliss-reactive ketones (excluding diaryl/α,β-unsaturated/α-hetero) is 3. The summed E-state index contributed by atoms with van der Waals surface area (Å²) < 4.78 is 17.7. The molecule has 2 aromatic rings. The highest BCUT2D eigenvalue weighted by Gasteiger charge is 2.44. The van der Waals surface area contributed by atoms with Crippen LogP contribution in [0.5, 0.6) is 0 Å². The SMILES string of the molecule is CC[C@H](C)[C@@H](C(CC(=O)N1CCC[C@H]1C(OC)[C@@H](C)C(=O)C[C@@H](Cc1ccccc1)C(=O)O)OC)N(C)C(=O)[C@@H](CC(=O)[C@H](C(C)C)N(C)C(=O)OCc1ccc(NCC(=O)CCCCCN2C(=O)CC(SC)C2=O)cc1)C(C)C. The minimum atomic E-state index is -1.05. The molecule has 0 radical (unpaired) electrons. The number of carboxylic acids is 1. The number of carboxylic acid groups (broad SMARTS) is 1. The van der Waals surface area contributed by atoms with Crippen LogP contribution >= 0.6 is 11.8 Å². The molecule has 19 heteroatoms. The van der Waals surface area contributed by atoms with Crippen LogP contribution in [0.15, 0.2) is 54.6 Å². The molecular formula is C61H91N5O13S. The van der Waals surface area contributed by atoms with Gasteiger partial charge in [-0.15, -0.1) is 0 Å². The number of likely N-dealkylation sites (tertiary alicyclic amines) is 2. The molecule has 10 atom stereocenters. The van der Waals surface area contributed by atoms with Crippen LogP contribution in [-0.4, -0.2) is 168 Å². The normalized spacial score (nSPS) is 18.5. The second-order valence-corrected chi connectivity index (χ2v) is 23.6. The quantitative estimate of drug-likeness (QED) is 0.0488. The number of imide groups is 1. The number of rotatable bonds is 35. The zero-order valence-electron chi connectivity index (χ0n) is 49.5. The minimum absolute atomic E-state index is 0.0325. The van der Waals surface area contributed by atoms with Crippen molar-refractivity contribution in [2.45, 2.75) is 168 Å². The van der Waals surface area contributed by atoms with E-state index in [0.29, 0.717) is 62.9 Å². The summed E-state index contributed by atoms with van der Waals surface area (Å²) >= 11 is 1.39. The number of amides is 5. The van der Waals surface area contributed by atoms with E-state index in [1.807, 2.05) is 78.1 Å². The van der Waals surface area contributed by atoms with Crippen molar-refractivity contribution in [3.63, 3.8) is 0 Å². The number of likely N-dealkylation sites (N-methyl/N-ethyl adjacent to an activating group) is 2. The highest BCUT2D eigenvalue weighted by Crippen LogP contribution is 2.32. The van der Waals surface area contributed by atoms with Crippen molar-refractivity contribution in [1.29, 1.82) is 0 Å². The number of benzene rings is 2. The van der Waals surface area contributed by atoms with E-state index < -0.39 is 60.1 Å². The predicted octanol–water partition coefficient (Wildman–Crippen LogP) is 8.37. The van der Waals surface area contributed by atoms with Gasteiger partial charge in [-0.25, -0.2) is 4.79 Å². The third kappa shape index (κ3) is 18.7. The molecule has 2 aliphatic rings. The van der Waals surface area contributed by atoms with Crippen molar-refractivity contribution in [1.82, 2.24) is 19.6 Å². The van der Waals surface area contributed by atoms with Gasteiger partial charge in [0.05, 0.1) is 54.5 Å². The van der Waals surface area contributed by atoms with Gasteiger partial charge in [0, 0.05) is 84.6 Å². The molecule has 0 spiro atoms. The van der Waals surface area contributed by atoms with Gasteiger partial charge < -0.3 is 39.3 Å². The van der Waals surface area contributed by atoms with Gasteiger partial charge in [-0.3, -0.25) is 43.3 Å². The van der Waals surface area contributed by atoms with E-state index in [1.54, 1.807) is 48.0 Å².